The van der Waals surface area contributed by atoms with Gasteiger partial charge in [-0.1, -0.05) is 161 Å². The summed E-state index contributed by atoms with van der Waals surface area (Å²) in [5, 5.41) is 0. The molecule has 322 valence electrons. The molecule has 0 radical (unpaired) electrons. The summed E-state index contributed by atoms with van der Waals surface area (Å²) in [6.07, 6.45) is 14.1. The molecule has 3 fully saturated rings. The van der Waals surface area contributed by atoms with Gasteiger partial charge in [0.25, 0.3) is 0 Å². The van der Waals surface area contributed by atoms with Crippen LogP contribution in [0.2, 0.25) is 0 Å². The van der Waals surface area contributed by atoms with Crippen LogP contribution in [0.4, 0.5) is 0 Å². The average Bonchev–Trinajstić information content (AvgIpc) is 3.02. The summed E-state index contributed by atoms with van der Waals surface area (Å²) >= 11 is 0. The van der Waals surface area contributed by atoms with Gasteiger partial charge in [-0.25, -0.2) is 0 Å². The number of hydrogen-bond acceptors (Lipinski definition) is 2. The molecule has 0 aromatic rings. The van der Waals surface area contributed by atoms with E-state index in [1.54, 1.807) is 22.3 Å². The Bertz CT molecular complexity index is 748. The van der Waals surface area contributed by atoms with E-state index in [4.69, 9.17) is 9.47 Å². The third-order valence-corrected chi connectivity index (χ3v) is 13.3. The van der Waals surface area contributed by atoms with Crippen LogP contribution in [0.15, 0.2) is 22.3 Å². The molecule has 52 heavy (non-hydrogen) atoms. The van der Waals surface area contributed by atoms with E-state index in [1.165, 1.54) is 64.2 Å². The normalized spacial score (nSPS) is 35.1. The maximum absolute atomic E-state index is 5.17. The molecule has 3 heteroatoms. The van der Waals surface area contributed by atoms with Crippen LogP contribution in [0.5, 0.6) is 0 Å². The molecule has 1 aliphatic heterocycles. The Morgan fingerprint density at radius 3 is 0.808 bits per heavy atom. The van der Waals surface area contributed by atoms with Crippen molar-refractivity contribution in [1.82, 2.24) is 0 Å². The zero-order valence-corrected chi connectivity index (χ0v) is 34.7. The molecule has 0 spiro atoms. The molecular formula is C49H108O3. The largest absolute Gasteiger partial charge is 0.412 e. The Hall–Kier alpha value is -0.640. The molecule has 5 aliphatic rings. The topological polar surface area (TPSA) is 50.0 Å². The quantitative estimate of drug-likeness (QED) is 0.232. The minimum atomic E-state index is 0. The Balaban J connectivity index is -0.0000000973. The first-order valence-electron chi connectivity index (χ1n) is 20.0. The van der Waals surface area contributed by atoms with Crippen LogP contribution >= 0.6 is 0 Å². The summed E-state index contributed by atoms with van der Waals surface area (Å²) in [7, 11) is 0. The minimum Gasteiger partial charge on any atom is -0.412 e. The van der Waals surface area contributed by atoms with Crippen molar-refractivity contribution in [3.05, 3.63) is 22.3 Å². The van der Waals surface area contributed by atoms with Crippen molar-refractivity contribution in [2.45, 2.75) is 218 Å². The van der Waals surface area contributed by atoms with Crippen molar-refractivity contribution in [1.29, 1.82) is 0 Å². The average molecular weight is 745 g/mol. The van der Waals surface area contributed by atoms with Crippen LogP contribution in [-0.2, 0) is 9.47 Å². The lowest BCUT2D eigenvalue weighted by Crippen LogP contribution is -2.39. The van der Waals surface area contributed by atoms with Crippen molar-refractivity contribution >= 4 is 0 Å². The molecule has 0 aromatic heterocycles. The van der Waals surface area contributed by atoms with Gasteiger partial charge in [0.2, 0.25) is 0 Å². The summed E-state index contributed by atoms with van der Waals surface area (Å²) in [6, 6.07) is 0. The summed E-state index contributed by atoms with van der Waals surface area (Å²) in [5.41, 5.74) is 6.53. The first-order valence-corrected chi connectivity index (χ1v) is 20.0. The Labute approximate surface area is 334 Å². The van der Waals surface area contributed by atoms with Gasteiger partial charge >= 0.3 is 0 Å². The van der Waals surface area contributed by atoms with E-state index in [9.17, 15) is 0 Å². The lowest BCUT2D eigenvalue weighted by atomic mass is 9.60. The van der Waals surface area contributed by atoms with Crippen molar-refractivity contribution in [2.24, 2.45) is 65.1 Å². The van der Waals surface area contributed by atoms with Gasteiger partial charge < -0.3 is 14.9 Å². The molecule has 2 unspecified atom stereocenters. The van der Waals surface area contributed by atoms with E-state index in [0.717, 1.165) is 72.4 Å². The second-order valence-corrected chi connectivity index (χ2v) is 17.7. The second kappa shape index (κ2) is 32.6. The smallest absolute Gasteiger partial charge is 0.154 e. The van der Waals surface area contributed by atoms with Crippen LogP contribution in [0.25, 0.3) is 0 Å². The molecule has 1 heterocycles. The zero-order valence-electron chi connectivity index (χ0n) is 34.7. The number of allylic oxidation sites excluding steroid dienone is 4. The molecule has 5 rings (SSSR count). The summed E-state index contributed by atoms with van der Waals surface area (Å²) in [5.74, 6) is 9.94. The van der Waals surface area contributed by atoms with Gasteiger partial charge in [0.05, 0.1) is 13.2 Å². The first-order chi connectivity index (χ1) is 21.4. The molecular weight excluding hydrogens is 637 g/mol. The van der Waals surface area contributed by atoms with E-state index in [-0.39, 0.29) is 50.3 Å². The fourth-order valence-electron chi connectivity index (χ4n) is 7.95. The van der Waals surface area contributed by atoms with Gasteiger partial charge in [-0.15, -0.1) is 0 Å². The zero-order chi connectivity index (χ0) is 35.1. The molecule has 2 atom stereocenters. The Kier molecular flexibility index (Phi) is 39.7. The van der Waals surface area contributed by atoms with Crippen molar-refractivity contribution in [2.75, 3.05) is 13.2 Å². The highest BCUT2D eigenvalue weighted by Gasteiger charge is 2.38. The van der Waals surface area contributed by atoms with Crippen LogP contribution in [0.1, 0.15) is 214 Å². The monoisotopic (exact) mass is 745 g/mol. The SMILES string of the molecule is C.C.C.C.C.CC1=C(C)CC(C)CC1.CC1=C(C)CC(C)CC1.CC1C(C)C(C)C(C)C(C)C1C.CC1CCC(C)CC1.CC1COC(C)OC1.O.[HH]. The van der Waals surface area contributed by atoms with E-state index >= 15 is 0 Å². The summed E-state index contributed by atoms with van der Waals surface area (Å²) in [4.78, 5) is 0. The fourth-order valence-corrected chi connectivity index (χ4v) is 7.95. The second-order valence-electron chi connectivity index (χ2n) is 17.7. The lowest BCUT2D eigenvalue weighted by molar-refractivity contribution is -0.187. The third kappa shape index (κ3) is 24.0. The standard InChI is InChI=1S/C12H24.2C9H16.C8H16.C6H12O2.5CH4.H2O.H2/c1-7-8(2)10(4)12(6)11(5)9(7)3;2*1-7-4-5-8(2)9(3)6-7;1-7-3-5-8(2)6-4-7;1-5-3-7-6(2)8-4-5;;;;;;;/h7-12H,1-6H3;2*7H,4-6H2,1-3H3;7-8H,3-6H2,1-2H3;5-6H,3-4H2,1-2H3;5*1H4;1H2;1H. The summed E-state index contributed by atoms with van der Waals surface area (Å²) in [6.45, 7) is 38.8. The van der Waals surface area contributed by atoms with Gasteiger partial charge in [-0.3, -0.25) is 0 Å². The van der Waals surface area contributed by atoms with Gasteiger partial charge in [-0.2, -0.15) is 0 Å². The highest BCUT2D eigenvalue weighted by atomic mass is 16.7. The molecule has 0 bridgehead atoms. The van der Waals surface area contributed by atoms with Crippen molar-refractivity contribution in [3.8, 4) is 0 Å². The van der Waals surface area contributed by atoms with Crippen LogP contribution in [0.3, 0.4) is 0 Å². The van der Waals surface area contributed by atoms with Gasteiger partial charge in [0.1, 0.15) is 0 Å². The maximum Gasteiger partial charge on any atom is 0.154 e. The maximum atomic E-state index is 5.17. The number of rotatable bonds is 0. The van der Waals surface area contributed by atoms with Crippen molar-refractivity contribution < 1.29 is 16.4 Å². The highest BCUT2D eigenvalue weighted by Crippen LogP contribution is 2.45. The van der Waals surface area contributed by atoms with E-state index in [0.29, 0.717) is 5.92 Å². The van der Waals surface area contributed by atoms with Gasteiger partial charge in [-0.05, 0) is 132 Å². The Morgan fingerprint density at radius 2 is 0.615 bits per heavy atom. The minimum absolute atomic E-state index is 0. The molecule has 4 aliphatic carbocycles. The van der Waals surface area contributed by atoms with E-state index in [2.05, 4.69) is 104 Å². The van der Waals surface area contributed by atoms with E-state index in [1.807, 2.05) is 6.92 Å². The predicted molar refractivity (Wildman–Crippen MR) is 244 cm³/mol. The molecule has 0 amide bonds. The summed E-state index contributed by atoms with van der Waals surface area (Å²) < 4.78 is 10.3. The first kappa shape index (κ1) is 63.3. The van der Waals surface area contributed by atoms with Gasteiger partial charge in [0, 0.05) is 7.34 Å². The molecule has 2 N–H and O–H groups in total. The van der Waals surface area contributed by atoms with Crippen LogP contribution in [-0.4, -0.2) is 25.0 Å². The van der Waals surface area contributed by atoms with Crippen molar-refractivity contribution in [3.63, 3.8) is 0 Å². The van der Waals surface area contributed by atoms with Crippen LogP contribution < -0.4 is 0 Å². The van der Waals surface area contributed by atoms with Crippen LogP contribution in [0, 0.1) is 65.1 Å². The number of ether oxygens (including phenoxy) is 2. The number of hydrogen-bond donors (Lipinski definition) is 0. The Morgan fingerprint density at radius 1 is 0.365 bits per heavy atom. The molecule has 1 saturated heterocycles. The van der Waals surface area contributed by atoms with Gasteiger partial charge in [0.15, 0.2) is 6.29 Å². The lowest BCUT2D eigenvalue weighted by Gasteiger charge is -2.45. The fraction of sp³-hybridized carbons (Fsp3) is 0.918. The molecule has 3 nitrogen and oxygen atoms in total. The molecule has 2 saturated carbocycles. The van der Waals surface area contributed by atoms with E-state index < -0.39 is 0 Å². The molecule has 0 aromatic carbocycles. The third-order valence-electron chi connectivity index (χ3n) is 13.3. The highest BCUT2D eigenvalue weighted by molar-refractivity contribution is 5.13. The predicted octanol–water partition coefficient (Wildman–Crippen LogP) is 16.6.